The Balaban J connectivity index is 1.27. The van der Waals surface area contributed by atoms with Crippen molar-refractivity contribution < 1.29 is 0 Å². The molecule has 0 heteroatoms. The average Bonchev–Trinajstić information content (AvgIpc) is 2.72. The van der Waals surface area contributed by atoms with Crippen molar-refractivity contribution in [2.45, 2.75) is 103 Å². The first-order chi connectivity index (χ1) is 12.8. The van der Waals surface area contributed by atoms with Crippen LogP contribution in [0.25, 0.3) is 0 Å². The minimum Gasteiger partial charge on any atom is -0.103 e. The Hall–Kier alpha value is -0.520. The highest BCUT2D eigenvalue weighted by molar-refractivity contribution is 4.94. The van der Waals surface area contributed by atoms with Gasteiger partial charge >= 0.3 is 0 Å². The lowest BCUT2D eigenvalue weighted by molar-refractivity contribution is 0.143. The van der Waals surface area contributed by atoms with Crippen molar-refractivity contribution in [2.24, 2.45) is 35.5 Å². The van der Waals surface area contributed by atoms with Gasteiger partial charge in [-0.05, 0) is 99.7 Å². The Kier molecular flexibility index (Phi) is 8.34. The van der Waals surface area contributed by atoms with Crippen LogP contribution in [0, 0.1) is 35.5 Å². The molecule has 3 rings (SSSR count). The third kappa shape index (κ3) is 6.00. The van der Waals surface area contributed by atoms with Crippen LogP contribution in [-0.2, 0) is 0 Å². The van der Waals surface area contributed by atoms with E-state index in [4.69, 9.17) is 0 Å². The summed E-state index contributed by atoms with van der Waals surface area (Å²) in [5.41, 5.74) is 0. The molecule has 0 N–H and O–H groups in total. The number of hydrogen-bond acceptors (Lipinski definition) is 0. The summed E-state index contributed by atoms with van der Waals surface area (Å²) < 4.78 is 0. The van der Waals surface area contributed by atoms with Crippen LogP contribution in [0.2, 0.25) is 0 Å². The minimum atomic E-state index is 0.798. The lowest BCUT2D eigenvalue weighted by Crippen LogP contribution is -2.25. The first kappa shape index (κ1) is 20.2. The summed E-state index contributed by atoms with van der Waals surface area (Å²) >= 11 is 0. The number of rotatable bonds is 7. The molecule has 0 radical (unpaired) electrons. The first-order valence-electron chi connectivity index (χ1n) is 12.1. The van der Waals surface area contributed by atoms with Gasteiger partial charge in [0.15, 0.2) is 0 Å². The standard InChI is InChI=1S/C26H44/c1-3-21-9-11-23(12-10-21)7-5-6-8-24-15-19-26(20-16-24)25-17-13-22(4-2)14-18-25/h3,5,7,21-26H,1,4,6,8-20H2,2H3/t21-,22-,23-,24-,25-,26-. The van der Waals surface area contributed by atoms with E-state index in [0.29, 0.717) is 0 Å². The van der Waals surface area contributed by atoms with Crippen LogP contribution in [0.4, 0.5) is 0 Å². The summed E-state index contributed by atoms with van der Waals surface area (Å²) in [6, 6.07) is 0. The fourth-order valence-corrected chi connectivity index (χ4v) is 6.21. The van der Waals surface area contributed by atoms with E-state index in [9.17, 15) is 0 Å². The van der Waals surface area contributed by atoms with Crippen molar-refractivity contribution in [1.29, 1.82) is 0 Å². The maximum Gasteiger partial charge on any atom is -0.0233 e. The van der Waals surface area contributed by atoms with Gasteiger partial charge in [-0.2, -0.15) is 0 Å². The van der Waals surface area contributed by atoms with Crippen LogP contribution in [0.3, 0.4) is 0 Å². The van der Waals surface area contributed by atoms with E-state index < -0.39 is 0 Å². The summed E-state index contributed by atoms with van der Waals surface area (Å²) in [5, 5.41) is 0. The van der Waals surface area contributed by atoms with Crippen molar-refractivity contribution in [1.82, 2.24) is 0 Å². The molecule has 0 saturated heterocycles. The molecule has 0 atom stereocenters. The molecule has 26 heavy (non-hydrogen) atoms. The molecule has 3 saturated carbocycles. The summed E-state index contributed by atoms with van der Waals surface area (Å²) in [7, 11) is 0. The van der Waals surface area contributed by atoms with E-state index in [1.165, 1.54) is 70.6 Å². The van der Waals surface area contributed by atoms with Gasteiger partial charge in [-0.3, -0.25) is 0 Å². The third-order valence-corrected chi connectivity index (χ3v) is 8.33. The van der Waals surface area contributed by atoms with E-state index >= 15 is 0 Å². The van der Waals surface area contributed by atoms with Crippen LogP contribution in [0.15, 0.2) is 24.8 Å². The predicted octanol–water partition coefficient (Wildman–Crippen LogP) is 8.34. The lowest BCUT2D eigenvalue weighted by atomic mass is 9.68. The van der Waals surface area contributed by atoms with E-state index in [0.717, 1.165) is 35.5 Å². The van der Waals surface area contributed by atoms with Crippen LogP contribution >= 0.6 is 0 Å². The lowest BCUT2D eigenvalue weighted by Gasteiger charge is -2.37. The maximum atomic E-state index is 3.96. The van der Waals surface area contributed by atoms with Crippen molar-refractivity contribution in [3.63, 3.8) is 0 Å². The van der Waals surface area contributed by atoms with Crippen molar-refractivity contribution in [2.75, 3.05) is 0 Å². The zero-order valence-corrected chi connectivity index (χ0v) is 17.5. The molecule has 148 valence electrons. The van der Waals surface area contributed by atoms with Gasteiger partial charge in [-0.1, -0.05) is 57.3 Å². The average molecular weight is 357 g/mol. The van der Waals surface area contributed by atoms with Crippen molar-refractivity contribution >= 4 is 0 Å². The Morgan fingerprint density at radius 1 is 0.692 bits per heavy atom. The van der Waals surface area contributed by atoms with Gasteiger partial charge < -0.3 is 0 Å². The minimum absolute atomic E-state index is 0.798. The third-order valence-electron chi connectivity index (χ3n) is 8.33. The number of hydrogen-bond donors (Lipinski definition) is 0. The molecule has 0 aromatic rings. The predicted molar refractivity (Wildman–Crippen MR) is 115 cm³/mol. The molecule has 0 nitrogen and oxygen atoms in total. The Bertz CT molecular complexity index is 409. The quantitative estimate of drug-likeness (QED) is 0.402. The molecular formula is C26H44. The van der Waals surface area contributed by atoms with Crippen LogP contribution in [0.1, 0.15) is 103 Å². The summed E-state index contributed by atoms with van der Waals surface area (Å²) in [6.07, 6.45) is 29.2. The monoisotopic (exact) mass is 356 g/mol. The topological polar surface area (TPSA) is 0 Å². The molecule has 0 spiro atoms. The van der Waals surface area contributed by atoms with Gasteiger partial charge in [0, 0.05) is 0 Å². The maximum absolute atomic E-state index is 3.96. The Morgan fingerprint density at radius 3 is 1.77 bits per heavy atom. The smallest absolute Gasteiger partial charge is 0.0233 e. The van der Waals surface area contributed by atoms with Gasteiger partial charge in [0.2, 0.25) is 0 Å². The fourth-order valence-electron chi connectivity index (χ4n) is 6.21. The van der Waals surface area contributed by atoms with Crippen LogP contribution in [0.5, 0.6) is 0 Å². The van der Waals surface area contributed by atoms with E-state index in [2.05, 4.69) is 31.7 Å². The Labute approximate surface area is 163 Å². The summed E-state index contributed by atoms with van der Waals surface area (Å²) in [5.74, 6) is 5.91. The second-order valence-corrected chi connectivity index (χ2v) is 9.89. The van der Waals surface area contributed by atoms with Crippen LogP contribution in [-0.4, -0.2) is 0 Å². The molecule has 0 unspecified atom stereocenters. The van der Waals surface area contributed by atoms with Crippen molar-refractivity contribution in [3.8, 4) is 0 Å². The van der Waals surface area contributed by atoms with E-state index in [1.807, 2.05) is 0 Å². The van der Waals surface area contributed by atoms with Gasteiger partial charge in [-0.15, -0.1) is 6.58 Å². The largest absolute Gasteiger partial charge is 0.103 e. The molecule has 0 aliphatic heterocycles. The second kappa shape index (κ2) is 10.7. The summed E-state index contributed by atoms with van der Waals surface area (Å²) in [4.78, 5) is 0. The number of allylic oxidation sites excluding steroid dienone is 3. The van der Waals surface area contributed by atoms with Gasteiger partial charge in [0.25, 0.3) is 0 Å². The molecule has 0 aromatic carbocycles. The zero-order valence-electron chi connectivity index (χ0n) is 17.5. The molecule has 0 aromatic heterocycles. The fraction of sp³-hybridized carbons (Fsp3) is 0.846. The second-order valence-electron chi connectivity index (χ2n) is 9.89. The highest BCUT2D eigenvalue weighted by Crippen LogP contribution is 2.42. The van der Waals surface area contributed by atoms with Gasteiger partial charge in [0.1, 0.15) is 0 Å². The highest BCUT2D eigenvalue weighted by atomic mass is 14.4. The molecule has 0 bridgehead atoms. The zero-order chi connectivity index (χ0) is 18.2. The highest BCUT2D eigenvalue weighted by Gasteiger charge is 2.30. The van der Waals surface area contributed by atoms with Crippen molar-refractivity contribution in [3.05, 3.63) is 24.8 Å². The normalized spacial score (nSPS) is 39.1. The van der Waals surface area contributed by atoms with E-state index in [-0.39, 0.29) is 0 Å². The van der Waals surface area contributed by atoms with Gasteiger partial charge in [-0.25, -0.2) is 0 Å². The molecule has 3 aliphatic rings. The summed E-state index contributed by atoms with van der Waals surface area (Å²) in [6.45, 7) is 6.35. The molecule has 3 fully saturated rings. The Morgan fingerprint density at radius 2 is 1.23 bits per heavy atom. The molecule has 0 heterocycles. The SMILES string of the molecule is C=C[C@H]1CC[C@H](C=CCC[C@H]2CC[C@H]([C@H]3CC[C@H](CC)CC3)CC2)CC1. The van der Waals surface area contributed by atoms with Gasteiger partial charge in [0.05, 0.1) is 0 Å². The first-order valence-corrected chi connectivity index (χ1v) is 12.1. The van der Waals surface area contributed by atoms with E-state index in [1.54, 1.807) is 25.7 Å². The molecular weight excluding hydrogens is 312 g/mol. The molecule has 0 amide bonds. The molecule has 3 aliphatic carbocycles. The van der Waals surface area contributed by atoms with Crippen LogP contribution < -0.4 is 0 Å².